The van der Waals surface area contributed by atoms with Gasteiger partial charge in [-0.3, -0.25) is 4.72 Å². The Balaban J connectivity index is 2.36. The first kappa shape index (κ1) is 14.0. The summed E-state index contributed by atoms with van der Waals surface area (Å²) in [6.45, 7) is 0. The molecule has 0 aromatic heterocycles. The van der Waals surface area contributed by atoms with E-state index < -0.39 is 15.8 Å². The van der Waals surface area contributed by atoms with E-state index in [1.54, 1.807) is 0 Å². The van der Waals surface area contributed by atoms with Gasteiger partial charge in [0.05, 0.1) is 4.90 Å². The lowest BCUT2D eigenvalue weighted by Gasteiger charge is -2.09. The molecule has 0 amide bonds. The first-order valence-electron chi connectivity index (χ1n) is 5.61. The van der Waals surface area contributed by atoms with E-state index in [1.165, 1.54) is 30.3 Å². The second-order valence-electron chi connectivity index (χ2n) is 4.05. The molecule has 0 aliphatic heterocycles. The van der Waals surface area contributed by atoms with Crippen molar-refractivity contribution in [1.82, 2.24) is 0 Å². The highest BCUT2D eigenvalue weighted by Gasteiger charge is 2.15. The fraction of sp³-hybridized carbons (Fsp3) is 0. The smallest absolute Gasteiger partial charge is 0.261 e. The second-order valence-corrected chi connectivity index (χ2v) is 5.73. The number of nitrogens with one attached hydrogen (secondary N) is 2. The normalized spacial score (nSPS) is 11.1. The monoisotopic (exact) mass is 293 g/mol. The third-order valence-electron chi connectivity index (χ3n) is 2.60. The molecule has 2 rings (SSSR count). The summed E-state index contributed by atoms with van der Waals surface area (Å²) in [5.74, 6) is -0.634. The minimum Gasteiger partial charge on any atom is -0.398 e. The highest BCUT2D eigenvalue weighted by Crippen LogP contribution is 2.20. The van der Waals surface area contributed by atoms with E-state index in [0.29, 0.717) is 11.3 Å². The van der Waals surface area contributed by atoms with Crippen LogP contribution in [0.1, 0.15) is 5.56 Å². The van der Waals surface area contributed by atoms with Crippen molar-refractivity contribution in [1.29, 1.82) is 5.41 Å². The number of sulfonamides is 1. The minimum absolute atomic E-state index is 0.175. The molecule has 0 aliphatic rings. The Bertz CT molecular complexity index is 760. The van der Waals surface area contributed by atoms with E-state index in [1.807, 2.05) is 0 Å². The summed E-state index contributed by atoms with van der Waals surface area (Å²) in [6, 6.07) is 9.09. The zero-order valence-corrected chi connectivity index (χ0v) is 11.1. The summed E-state index contributed by atoms with van der Waals surface area (Å²) < 4.78 is 39.5. The van der Waals surface area contributed by atoms with Gasteiger partial charge in [-0.25, -0.2) is 12.8 Å². The Labute approximate surface area is 115 Å². The standard InChI is InChI=1S/C13H12FN3O2S/c14-10-2-1-3-12(7-10)20(18,19)17-11-4-5-13(16)9(6-11)8-15/h1-8,15,17H,16H2. The summed E-state index contributed by atoms with van der Waals surface area (Å²) in [5, 5.41) is 7.17. The predicted octanol–water partition coefficient (Wildman–Crippen LogP) is 2.21. The Morgan fingerprint density at radius 2 is 1.95 bits per heavy atom. The molecule has 0 spiro atoms. The SMILES string of the molecule is N=Cc1cc(NS(=O)(=O)c2cccc(F)c2)ccc1N. The number of hydrogen-bond acceptors (Lipinski definition) is 4. The van der Waals surface area contributed by atoms with Gasteiger partial charge in [-0.05, 0) is 36.4 Å². The third-order valence-corrected chi connectivity index (χ3v) is 3.98. The van der Waals surface area contributed by atoms with Crippen LogP contribution in [0.4, 0.5) is 15.8 Å². The quantitative estimate of drug-likeness (QED) is 0.595. The van der Waals surface area contributed by atoms with Crippen molar-refractivity contribution in [3.05, 3.63) is 53.8 Å². The highest BCUT2D eigenvalue weighted by atomic mass is 32.2. The number of anilines is 2. The van der Waals surface area contributed by atoms with Gasteiger partial charge in [0.25, 0.3) is 10.0 Å². The molecule has 0 saturated carbocycles. The summed E-state index contributed by atoms with van der Waals surface area (Å²) in [6.07, 6.45) is 1.02. The van der Waals surface area contributed by atoms with Gasteiger partial charge in [-0.15, -0.1) is 0 Å². The molecule has 5 nitrogen and oxygen atoms in total. The van der Waals surface area contributed by atoms with Gasteiger partial charge in [0.15, 0.2) is 0 Å². The Morgan fingerprint density at radius 1 is 1.20 bits per heavy atom. The average Bonchev–Trinajstić information content (AvgIpc) is 2.40. The number of nitrogens with two attached hydrogens (primary N) is 1. The van der Waals surface area contributed by atoms with Crippen molar-refractivity contribution >= 4 is 27.6 Å². The molecule has 0 atom stereocenters. The Morgan fingerprint density at radius 3 is 2.60 bits per heavy atom. The number of hydrogen-bond donors (Lipinski definition) is 3. The van der Waals surface area contributed by atoms with Gasteiger partial charge in [0.2, 0.25) is 0 Å². The first-order valence-corrected chi connectivity index (χ1v) is 7.09. The van der Waals surface area contributed by atoms with Crippen molar-refractivity contribution in [3.63, 3.8) is 0 Å². The first-order chi connectivity index (χ1) is 9.42. The molecule has 20 heavy (non-hydrogen) atoms. The number of nitrogen functional groups attached to an aromatic ring is 1. The summed E-state index contributed by atoms with van der Waals surface area (Å²) in [4.78, 5) is -0.175. The second kappa shape index (κ2) is 5.30. The van der Waals surface area contributed by atoms with Crippen LogP contribution >= 0.6 is 0 Å². The van der Waals surface area contributed by atoms with Gasteiger partial charge in [0, 0.05) is 23.2 Å². The van der Waals surface area contributed by atoms with Crippen molar-refractivity contribution in [3.8, 4) is 0 Å². The zero-order valence-electron chi connectivity index (χ0n) is 10.3. The van der Waals surface area contributed by atoms with Crippen LogP contribution in [0, 0.1) is 11.2 Å². The molecular weight excluding hydrogens is 281 g/mol. The molecule has 2 aromatic carbocycles. The van der Waals surface area contributed by atoms with Crippen LogP contribution in [-0.4, -0.2) is 14.6 Å². The van der Waals surface area contributed by atoms with Gasteiger partial charge < -0.3 is 11.1 Å². The Kier molecular flexibility index (Phi) is 3.71. The highest BCUT2D eigenvalue weighted by molar-refractivity contribution is 7.92. The lowest BCUT2D eigenvalue weighted by Crippen LogP contribution is -2.13. The molecule has 0 heterocycles. The summed E-state index contributed by atoms with van der Waals surface area (Å²) >= 11 is 0. The van der Waals surface area contributed by atoms with Crippen LogP contribution < -0.4 is 10.5 Å². The lowest BCUT2D eigenvalue weighted by atomic mass is 10.2. The van der Waals surface area contributed by atoms with E-state index in [-0.39, 0.29) is 10.6 Å². The van der Waals surface area contributed by atoms with Crippen molar-refractivity contribution in [2.24, 2.45) is 0 Å². The summed E-state index contributed by atoms with van der Waals surface area (Å²) in [5.41, 5.74) is 6.63. The minimum atomic E-state index is -3.88. The maximum absolute atomic E-state index is 13.1. The molecule has 0 saturated heterocycles. The van der Waals surface area contributed by atoms with Crippen LogP contribution in [0.5, 0.6) is 0 Å². The molecule has 4 N–H and O–H groups in total. The molecule has 0 radical (unpaired) electrons. The molecular formula is C13H12FN3O2S. The Hall–Kier alpha value is -2.41. The van der Waals surface area contributed by atoms with Crippen LogP contribution in [0.2, 0.25) is 0 Å². The van der Waals surface area contributed by atoms with E-state index in [9.17, 15) is 12.8 Å². The predicted molar refractivity (Wildman–Crippen MR) is 75.9 cm³/mol. The van der Waals surface area contributed by atoms with Gasteiger partial charge in [-0.2, -0.15) is 0 Å². The average molecular weight is 293 g/mol. The van der Waals surface area contributed by atoms with Crippen LogP contribution in [-0.2, 0) is 10.0 Å². The molecule has 0 fully saturated rings. The van der Waals surface area contributed by atoms with Gasteiger partial charge in [-0.1, -0.05) is 6.07 Å². The van der Waals surface area contributed by atoms with Gasteiger partial charge >= 0.3 is 0 Å². The molecule has 0 aliphatic carbocycles. The number of halogens is 1. The molecule has 104 valence electrons. The van der Waals surface area contributed by atoms with Crippen LogP contribution in [0.25, 0.3) is 0 Å². The fourth-order valence-corrected chi connectivity index (χ4v) is 2.69. The van der Waals surface area contributed by atoms with Crippen molar-refractivity contribution in [2.75, 3.05) is 10.5 Å². The van der Waals surface area contributed by atoms with E-state index in [0.717, 1.165) is 18.3 Å². The van der Waals surface area contributed by atoms with E-state index in [4.69, 9.17) is 11.1 Å². The molecule has 0 bridgehead atoms. The zero-order chi connectivity index (χ0) is 14.8. The van der Waals surface area contributed by atoms with Crippen LogP contribution in [0.3, 0.4) is 0 Å². The topological polar surface area (TPSA) is 96.0 Å². The van der Waals surface area contributed by atoms with Crippen LogP contribution in [0.15, 0.2) is 47.4 Å². The molecule has 7 heteroatoms. The van der Waals surface area contributed by atoms with E-state index in [2.05, 4.69) is 4.72 Å². The summed E-state index contributed by atoms with van der Waals surface area (Å²) in [7, 11) is -3.88. The number of rotatable bonds is 4. The largest absolute Gasteiger partial charge is 0.398 e. The van der Waals surface area contributed by atoms with E-state index >= 15 is 0 Å². The maximum Gasteiger partial charge on any atom is 0.261 e. The van der Waals surface area contributed by atoms with Crippen molar-refractivity contribution in [2.45, 2.75) is 4.90 Å². The van der Waals surface area contributed by atoms with Gasteiger partial charge in [0.1, 0.15) is 5.82 Å². The molecule has 2 aromatic rings. The fourth-order valence-electron chi connectivity index (χ4n) is 1.61. The third kappa shape index (κ3) is 2.94. The lowest BCUT2D eigenvalue weighted by molar-refractivity contribution is 0.595. The maximum atomic E-state index is 13.1. The number of benzene rings is 2. The van der Waals surface area contributed by atoms with Crippen molar-refractivity contribution < 1.29 is 12.8 Å². The molecule has 0 unspecified atom stereocenters.